The van der Waals surface area contributed by atoms with Crippen LogP contribution in [0, 0.1) is 29.1 Å². The average molecular weight is 312 g/mol. The van der Waals surface area contributed by atoms with Gasteiger partial charge in [0.05, 0.1) is 12.4 Å². The first-order valence-electron chi connectivity index (χ1n) is 9.30. The van der Waals surface area contributed by atoms with Gasteiger partial charge in [-0.1, -0.05) is 19.6 Å². The fourth-order valence-electron chi connectivity index (χ4n) is 5.97. The Morgan fingerprint density at radius 3 is 2.96 bits per heavy atom. The fourth-order valence-corrected chi connectivity index (χ4v) is 5.97. The quantitative estimate of drug-likeness (QED) is 0.683. The minimum Gasteiger partial charge on any atom is -0.498 e. The Labute approximate surface area is 139 Å². The summed E-state index contributed by atoms with van der Waals surface area (Å²) in [6, 6.07) is 0. The zero-order valence-corrected chi connectivity index (χ0v) is 14.4. The first-order chi connectivity index (χ1) is 11.0. The summed E-state index contributed by atoms with van der Waals surface area (Å²) in [5.74, 6) is 4.16. The number of ether oxygens (including phenoxy) is 1. The lowest BCUT2D eigenvalue weighted by Crippen LogP contribution is -2.45. The minimum atomic E-state index is -0.120. The highest BCUT2D eigenvalue weighted by atomic mass is 16.5. The molecule has 0 amide bonds. The predicted octanol–water partition coefficient (Wildman–Crippen LogP) is 4.82. The Bertz CT molecular complexity index is 611. The SMILES string of the molecule is C=C1C[C@H]2[C@@H]3CC=C4C=C(OCC)CC[C@@H]4[C@H]3CC[C@]2(C)C1=O. The number of carbonyl (C=O) groups excluding carboxylic acids is 1. The third-order valence-corrected chi connectivity index (χ3v) is 7.12. The lowest BCUT2D eigenvalue weighted by atomic mass is 9.53. The summed E-state index contributed by atoms with van der Waals surface area (Å²) < 4.78 is 5.75. The molecule has 2 nitrogen and oxygen atoms in total. The molecule has 2 saturated carbocycles. The molecule has 23 heavy (non-hydrogen) atoms. The smallest absolute Gasteiger partial charge is 0.164 e. The van der Waals surface area contributed by atoms with Crippen molar-refractivity contribution in [2.45, 2.75) is 52.4 Å². The second kappa shape index (κ2) is 5.36. The molecule has 0 aromatic rings. The van der Waals surface area contributed by atoms with Gasteiger partial charge in [0.15, 0.2) is 5.78 Å². The molecular weight excluding hydrogens is 284 g/mol. The van der Waals surface area contributed by atoms with Crippen LogP contribution in [-0.2, 0) is 9.53 Å². The summed E-state index contributed by atoms with van der Waals surface area (Å²) in [5.41, 5.74) is 2.27. The maximum atomic E-state index is 12.6. The molecule has 0 N–H and O–H groups in total. The third-order valence-electron chi connectivity index (χ3n) is 7.12. The van der Waals surface area contributed by atoms with Gasteiger partial charge in [-0.25, -0.2) is 0 Å². The number of allylic oxidation sites excluding steroid dienone is 5. The van der Waals surface area contributed by atoms with E-state index < -0.39 is 0 Å². The van der Waals surface area contributed by atoms with Crippen molar-refractivity contribution in [1.29, 1.82) is 0 Å². The number of hydrogen-bond acceptors (Lipinski definition) is 2. The van der Waals surface area contributed by atoms with Gasteiger partial charge in [-0.05, 0) is 79.9 Å². The van der Waals surface area contributed by atoms with Crippen LogP contribution in [0.2, 0.25) is 0 Å². The van der Waals surface area contributed by atoms with Crippen molar-refractivity contribution in [3.05, 3.63) is 35.6 Å². The Balaban J connectivity index is 1.63. The highest BCUT2D eigenvalue weighted by Gasteiger charge is 2.56. The van der Waals surface area contributed by atoms with E-state index in [0.717, 1.165) is 43.8 Å². The van der Waals surface area contributed by atoms with Crippen molar-refractivity contribution < 1.29 is 9.53 Å². The number of ketones is 1. The lowest BCUT2D eigenvalue weighted by Gasteiger charge is -2.50. The Morgan fingerprint density at radius 1 is 1.35 bits per heavy atom. The van der Waals surface area contributed by atoms with Gasteiger partial charge >= 0.3 is 0 Å². The monoisotopic (exact) mass is 312 g/mol. The first-order valence-corrected chi connectivity index (χ1v) is 9.30. The zero-order chi connectivity index (χ0) is 16.2. The molecule has 5 atom stereocenters. The molecule has 0 radical (unpaired) electrons. The standard InChI is InChI=1S/C21H28O2/c1-4-23-15-6-8-16-14(12-15)5-7-18-17(16)9-10-21(3)19(18)11-13(2)20(21)22/h5,12,16-19H,2,4,6-11H2,1,3H3/t16-,17+,18+,19-,21-/m0/s1. The van der Waals surface area contributed by atoms with Gasteiger partial charge in [0.25, 0.3) is 0 Å². The molecule has 0 saturated heterocycles. The Kier molecular flexibility index (Phi) is 3.55. The molecule has 2 fully saturated rings. The third kappa shape index (κ3) is 2.17. The Morgan fingerprint density at radius 2 is 2.17 bits per heavy atom. The number of fused-ring (bicyclic) bond motifs is 5. The summed E-state index contributed by atoms with van der Waals surface area (Å²) in [4.78, 5) is 12.6. The van der Waals surface area contributed by atoms with Crippen molar-refractivity contribution >= 4 is 5.78 Å². The molecule has 0 aliphatic heterocycles. The van der Waals surface area contributed by atoms with Crippen molar-refractivity contribution in [1.82, 2.24) is 0 Å². The van der Waals surface area contributed by atoms with E-state index in [2.05, 4.69) is 32.6 Å². The van der Waals surface area contributed by atoms with Crippen LogP contribution in [-0.4, -0.2) is 12.4 Å². The van der Waals surface area contributed by atoms with Crippen molar-refractivity contribution in [3.63, 3.8) is 0 Å². The van der Waals surface area contributed by atoms with E-state index in [0.29, 0.717) is 23.5 Å². The number of hydrogen-bond donors (Lipinski definition) is 0. The summed E-state index contributed by atoms with van der Waals surface area (Å²) in [6.07, 6.45) is 11.4. The highest BCUT2D eigenvalue weighted by Crippen LogP contribution is 2.60. The van der Waals surface area contributed by atoms with E-state index in [4.69, 9.17) is 4.74 Å². The van der Waals surface area contributed by atoms with Gasteiger partial charge in [0.1, 0.15) is 0 Å². The van der Waals surface area contributed by atoms with Crippen LogP contribution in [0.3, 0.4) is 0 Å². The molecule has 0 heterocycles. The zero-order valence-electron chi connectivity index (χ0n) is 14.4. The van der Waals surface area contributed by atoms with Gasteiger partial charge in [-0.15, -0.1) is 0 Å². The molecule has 0 spiro atoms. The molecule has 0 aromatic heterocycles. The fraction of sp³-hybridized carbons (Fsp3) is 0.667. The van der Waals surface area contributed by atoms with E-state index >= 15 is 0 Å². The second-order valence-electron chi connectivity index (χ2n) is 8.16. The molecule has 0 bridgehead atoms. The van der Waals surface area contributed by atoms with Crippen molar-refractivity contribution in [2.75, 3.05) is 6.61 Å². The number of carbonyl (C=O) groups is 1. The molecular formula is C21H28O2. The first kappa shape index (κ1) is 15.2. The average Bonchev–Trinajstić information content (AvgIpc) is 2.78. The highest BCUT2D eigenvalue weighted by molar-refractivity contribution is 6.02. The second-order valence-corrected chi connectivity index (χ2v) is 8.16. The van der Waals surface area contributed by atoms with Crippen molar-refractivity contribution in [2.24, 2.45) is 29.1 Å². The van der Waals surface area contributed by atoms with Gasteiger partial charge < -0.3 is 4.74 Å². The van der Waals surface area contributed by atoms with Gasteiger partial charge in [0, 0.05) is 11.8 Å². The summed E-state index contributed by atoms with van der Waals surface area (Å²) in [6.45, 7) is 9.10. The van der Waals surface area contributed by atoms with Gasteiger partial charge in [-0.3, -0.25) is 4.79 Å². The molecule has 124 valence electrons. The van der Waals surface area contributed by atoms with Crippen LogP contribution >= 0.6 is 0 Å². The molecule has 4 rings (SSSR count). The van der Waals surface area contributed by atoms with E-state index in [1.165, 1.54) is 24.2 Å². The van der Waals surface area contributed by atoms with E-state index in [-0.39, 0.29) is 5.41 Å². The van der Waals surface area contributed by atoms with Crippen LogP contribution in [0.1, 0.15) is 52.4 Å². The lowest BCUT2D eigenvalue weighted by molar-refractivity contribution is -0.128. The van der Waals surface area contributed by atoms with Crippen LogP contribution in [0.5, 0.6) is 0 Å². The number of Topliss-reactive ketones (excluding diaryl/α,β-unsaturated/α-hetero) is 1. The van der Waals surface area contributed by atoms with Gasteiger partial charge in [-0.2, -0.15) is 0 Å². The molecule has 0 aromatic carbocycles. The summed E-state index contributed by atoms with van der Waals surface area (Å²) in [7, 11) is 0. The maximum absolute atomic E-state index is 12.6. The largest absolute Gasteiger partial charge is 0.498 e. The van der Waals surface area contributed by atoms with Crippen molar-refractivity contribution in [3.8, 4) is 0 Å². The van der Waals surface area contributed by atoms with E-state index in [1.54, 1.807) is 0 Å². The summed E-state index contributed by atoms with van der Waals surface area (Å²) >= 11 is 0. The van der Waals surface area contributed by atoms with Crippen LogP contribution in [0.25, 0.3) is 0 Å². The Hall–Kier alpha value is -1.31. The summed E-state index contributed by atoms with van der Waals surface area (Å²) in [5, 5.41) is 0. The van der Waals surface area contributed by atoms with Gasteiger partial charge in [0.2, 0.25) is 0 Å². The van der Waals surface area contributed by atoms with E-state index in [9.17, 15) is 4.79 Å². The normalized spacial score (nSPS) is 42.3. The molecule has 0 unspecified atom stereocenters. The maximum Gasteiger partial charge on any atom is 0.164 e. The van der Waals surface area contributed by atoms with Crippen LogP contribution < -0.4 is 0 Å². The topological polar surface area (TPSA) is 26.3 Å². The van der Waals surface area contributed by atoms with Crippen LogP contribution in [0.15, 0.2) is 35.6 Å². The van der Waals surface area contributed by atoms with Crippen LogP contribution in [0.4, 0.5) is 0 Å². The predicted molar refractivity (Wildman–Crippen MR) is 91.7 cm³/mol. The number of rotatable bonds is 2. The molecule has 2 heteroatoms. The minimum absolute atomic E-state index is 0.120. The molecule has 4 aliphatic carbocycles. The van der Waals surface area contributed by atoms with E-state index in [1.807, 2.05) is 0 Å². The molecule has 4 aliphatic rings.